The minimum Gasteiger partial charge on any atom is -0.275 e. The molecule has 0 spiro atoms. The molecule has 1 heterocycles. The van der Waals surface area contributed by atoms with Crippen molar-refractivity contribution in [3.63, 3.8) is 0 Å². The van der Waals surface area contributed by atoms with Gasteiger partial charge in [-0.2, -0.15) is 18.3 Å². The average molecular weight is 202 g/mol. The minimum absolute atomic E-state index is 0.151. The lowest BCUT2D eigenvalue weighted by molar-refractivity contribution is -0.142. The summed E-state index contributed by atoms with van der Waals surface area (Å²) in [7, 11) is 1.45. The molecule has 1 aromatic rings. The van der Waals surface area contributed by atoms with Crippen LogP contribution in [0.15, 0.2) is 6.20 Å². The van der Waals surface area contributed by atoms with Crippen molar-refractivity contribution in [2.24, 2.45) is 7.05 Å². The molecule has 0 atom stereocenters. The quantitative estimate of drug-likeness (QED) is 0.671. The Kier molecular flexibility index (Phi) is 2.84. The maximum Gasteiger partial charge on any atom is 0.435 e. The monoisotopic (exact) mass is 202 g/mol. The van der Waals surface area contributed by atoms with Gasteiger partial charge in [0.05, 0.1) is 0 Å². The number of halogens is 3. The zero-order valence-corrected chi connectivity index (χ0v) is 7.60. The van der Waals surface area contributed by atoms with Crippen LogP contribution in [0.5, 0.6) is 0 Å². The van der Waals surface area contributed by atoms with Crippen molar-refractivity contribution < 1.29 is 13.2 Å². The molecule has 0 aromatic carbocycles. The third-order valence-corrected chi connectivity index (χ3v) is 1.71. The lowest BCUT2D eigenvalue weighted by Gasteiger charge is -2.04. The van der Waals surface area contributed by atoms with Crippen molar-refractivity contribution in [3.05, 3.63) is 17.5 Å². The molecule has 0 aliphatic heterocycles. The van der Waals surface area contributed by atoms with Gasteiger partial charge in [-0.25, -0.2) is 0 Å². The van der Waals surface area contributed by atoms with Gasteiger partial charge in [0.1, 0.15) is 0 Å². The average Bonchev–Trinajstić information content (AvgIpc) is 2.42. The van der Waals surface area contributed by atoms with Crippen molar-refractivity contribution in [1.82, 2.24) is 9.78 Å². The van der Waals surface area contributed by atoms with Gasteiger partial charge in [-0.3, -0.25) is 4.68 Å². The Bertz CT molecular complexity index is 357. The van der Waals surface area contributed by atoms with Crippen molar-refractivity contribution in [3.8, 4) is 12.3 Å². The topological polar surface area (TPSA) is 17.8 Å². The van der Waals surface area contributed by atoms with Crippen molar-refractivity contribution >= 4 is 0 Å². The number of hydrogen-bond acceptors (Lipinski definition) is 1. The lowest BCUT2D eigenvalue weighted by atomic mass is 10.1. The standard InChI is InChI=1S/C9H9F3N2/c1-3-4-5-7-6-14(2)13-8(7)9(10,11)12/h1,6H,4-5H2,2H3. The van der Waals surface area contributed by atoms with E-state index in [1.807, 2.05) is 0 Å². The van der Waals surface area contributed by atoms with Crippen LogP contribution in [0.3, 0.4) is 0 Å². The van der Waals surface area contributed by atoms with Gasteiger partial charge in [0.15, 0.2) is 5.69 Å². The molecule has 76 valence electrons. The van der Waals surface area contributed by atoms with Crippen LogP contribution in [0.1, 0.15) is 17.7 Å². The largest absolute Gasteiger partial charge is 0.435 e. The predicted octanol–water partition coefficient (Wildman–Crippen LogP) is 2.00. The van der Waals surface area contributed by atoms with E-state index in [0.717, 1.165) is 4.68 Å². The van der Waals surface area contributed by atoms with Crippen LogP contribution in [0.2, 0.25) is 0 Å². The number of terminal acetylenes is 1. The second-order valence-corrected chi connectivity index (χ2v) is 2.88. The molecular formula is C9H9F3N2. The summed E-state index contributed by atoms with van der Waals surface area (Å²) >= 11 is 0. The Morgan fingerprint density at radius 1 is 1.57 bits per heavy atom. The van der Waals surface area contributed by atoms with E-state index in [0.29, 0.717) is 0 Å². The molecule has 0 N–H and O–H groups in total. The number of aromatic nitrogens is 2. The van der Waals surface area contributed by atoms with E-state index < -0.39 is 11.9 Å². The van der Waals surface area contributed by atoms with Crippen LogP contribution >= 0.6 is 0 Å². The first-order chi connectivity index (χ1) is 6.45. The smallest absolute Gasteiger partial charge is 0.275 e. The molecule has 0 saturated carbocycles. The van der Waals surface area contributed by atoms with E-state index >= 15 is 0 Å². The highest BCUT2D eigenvalue weighted by atomic mass is 19.4. The number of hydrogen-bond donors (Lipinski definition) is 0. The summed E-state index contributed by atoms with van der Waals surface area (Å²) in [5.41, 5.74) is -0.687. The number of alkyl halides is 3. The van der Waals surface area contributed by atoms with Gasteiger partial charge < -0.3 is 0 Å². The highest BCUT2D eigenvalue weighted by Crippen LogP contribution is 2.30. The second-order valence-electron chi connectivity index (χ2n) is 2.88. The summed E-state index contributed by atoms with van der Waals surface area (Å²) < 4.78 is 38.2. The first kappa shape index (κ1) is 10.6. The summed E-state index contributed by atoms with van der Waals surface area (Å²) in [6.45, 7) is 0. The van der Waals surface area contributed by atoms with Gasteiger partial charge in [-0.1, -0.05) is 0 Å². The Morgan fingerprint density at radius 2 is 2.21 bits per heavy atom. The van der Waals surface area contributed by atoms with Crippen molar-refractivity contribution in [2.75, 3.05) is 0 Å². The fourth-order valence-electron chi connectivity index (χ4n) is 1.17. The molecule has 0 unspecified atom stereocenters. The van der Waals surface area contributed by atoms with Gasteiger partial charge in [0.2, 0.25) is 0 Å². The summed E-state index contributed by atoms with van der Waals surface area (Å²) in [5.74, 6) is 2.30. The number of rotatable bonds is 2. The third-order valence-electron chi connectivity index (χ3n) is 1.71. The Hall–Kier alpha value is -1.44. The predicted molar refractivity (Wildman–Crippen MR) is 45.4 cm³/mol. The second kappa shape index (κ2) is 3.74. The molecule has 0 fully saturated rings. The normalized spacial score (nSPS) is 11.4. The zero-order chi connectivity index (χ0) is 10.8. The molecule has 0 bridgehead atoms. The lowest BCUT2D eigenvalue weighted by Crippen LogP contribution is -2.09. The molecule has 0 aliphatic carbocycles. The van der Waals surface area contributed by atoms with E-state index in [-0.39, 0.29) is 18.4 Å². The molecule has 0 aliphatic rings. The van der Waals surface area contributed by atoms with Crippen LogP contribution < -0.4 is 0 Å². The summed E-state index contributed by atoms with van der Waals surface area (Å²) in [4.78, 5) is 0. The van der Waals surface area contributed by atoms with E-state index in [9.17, 15) is 13.2 Å². The van der Waals surface area contributed by atoms with Gasteiger partial charge in [0, 0.05) is 25.2 Å². The first-order valence-electron chi connectivity index (χ1n) is 3.98. The molecule has 0 radical (unpaired) electrons. The number of aryl methyl sites for hydroxylation is 2. The van der Waals surface area contributed by atoms with Gasteiger partial charge >= 0.3 is 6.18 Å². The van der Waals surface area contributed by atoms with Crippen LogP contribution in [0.25, 0.3) is 0 Å². The molecule has 0 amide bonds. The summed E-state index contributed by atoms with van der Waals surface area (Å²) in [5, 5.41) is 3.36. The maximum atomic E-state index is 12.4. The van der Waals surface area contributed by atoms with Crippen LogP contribution in [0.4, 0.5) is 13.2 Å². The van der Waals surface area contributed by atoms with Crippen LogP contribution in [-0.2, 0) is 19.6 Å². The number of nitrogens with zero attached hydrogens (tertiary/aromatic N) is 2. The summed E-state index contributed by atoms with van der Waals surface area (Å²) in [6, 6.07) is 0. The van der Waals surface area contributed by atoms with Gasteiger partial charge in [-0.15, -0.1) is 12.3 Å². The molecule has 1 aromatic heterocycles. The van der Waals surface area contributed by atoms with E-state index in [2.05, 4.69) is 11.0 Å². The molecular weight excluding hydrogens is 193 g/mol. The van der Waals surface area contributed by atoms with Gasteiger partial charge in [-0.05, 0) is 6.42 Å². The van der Waals surface area contributed by atoms with Crippen molar-refractivity contribution in [2.45, 2.75) is 19.0 Å². The fourth-order valence-corrected chi connectivity index (χ4v) is 1.17. The van der Waals surface area contributed by atoms with Crippen molar-refractivity contribution in [1.29, 1.82) is 0 Å². The zero-order valence-electron chi connectivity index (χ0n) is 7.60. The first-order valence-corrected chi connectivity index (χ1v) is 3.98. The third kappa shape index (κ3) is 2.28. The molecule has 2 nitrogen and oxygen atoms in total. The highest BCUT2D eigenvalue weighted by Gasteiger charge is 2.36. The van der Waals surface area contributed by atoms with E-state index in [4.69, 9.17) is 6.42 Å². The SMILES string of the molecule is C#CCCc1cn(C)nc1C(F)(F)F. The Balaban J connectivity index is 2.98. The highest BCUT2D eigenvalue weighted by molar-refractivity contribution is 5.21. The Labute approximate surface area is 79.7 Å². The Morgan fingerprint density at radius 3 is 2.71 bits per heavy atom. The van der Waals surface area contributed by atoms with Crippen LogP contribution in [0, 0.1) is 12.3 Å². The van der Waals surface area contributed by atoms with Gasteiger partial charge in [0.25, 0.3) is 0 Å². The fraction of sp³-hybridized carbons (Fsp3) is 0.444. The van der Waals surface area contributed by atoms with E-state index in [1.165, 1.54) is 13.2 Å². The molecule has 14 heavy (non-hydrogen) atoms. The summed E-state index contributed by atoms with van der Waals surface area (Å²) in [6.07, 6.45) is 2.43. The molecule has 0 saturated heterocycles. The molecule has 5 heteroatoms. The maximum absolute atomic E-state index is 12.4. The molecule has 1 rings (SSSR count). The van der Waals surface area contributed by atoms with E-state index in [1.54, 1.807) is 0 Å². The minimum atomic E-state index is -4.40. The van der Waals surface area contributed by atoms with Crippen LogP contribution in [-0.4, -0.2) is 9.78 Å².